The Labute approximate surface area is 157 Å². The Kier molecular flexibility index (Phi) is 5.13. The lowest BCUT2D eigenvalue weighted by atomic mass is 10.1. The van der Waals surface area contributed by atoms with E-state index in [4.69, 9.17) is 4.74 Å². The zero-order valence-corrected chi connectivity index (χ0v) is 15.1. The molecule has 0 saturated carbocycles. The number of urea groups is 1. The van der Waals surface area contributed by atoms with Crippen LogP contribution in [0.2, 0.25) is 0 Å². The number of nitrogens with one attached hydrogen (secondary N) is 2. The Morgan fingerprint density at radius 2 is 1.48 bits per heavy atom. The molecule has 0 aromatic heterocycles. The molecular formula is C18H13IN2O4. The van der Waals surface area contributed by atoms with E-state index in [1.54, 1.807) is 24.3 Å². The standard InChI is InChI=1S/C18H13IN2O4/c19-13-5-1-12(2-6-13)10-25-14-7-3-11(4-8-14)9-15-16(22)20-18(24)21-17(15)23/h1-9H,10H2,(H2,20,21,22,23,24). The van der Waals surface area contributed by atoms with E-state index in [1.165, 1.54) is 6.08 Å². The van der Waals surface area contributed by atoms with E-state index in [0.717, 1.165) is 9.13 Å². The molecule has 1 saturated heterocycles. The van der Waals surface area contributed by atoms with Gasteiger partial charge in [0.05, 0.1) is 0 Å². The Bertz CT molecular complexity index is 836. The first-order valence-electron chi connectivity index (χ1n) is 7.37. The zero-order chi connectivity index (χ0) is 17.8. The summed E-state index contributed by atoms with van der Waals surface area (Å²) in [4.78, 5) is 34.4. The van der Waals surface area contributed by atoms with Gasteiger partial charge in [0.15, 0.2) is 0 Å². The van der Waals surface area contributed by atoms with E-state index in [0.29, 0.717) is 17.9 Å². The number of halogens is 1. The maximum Gasteiger partial charge on any atom is 0.328 e. The van der Waals surface area contributed by atoms with Crippen LogP contribution in [0.25, 0.3) is 6.08 Å². The molecular weight excluding hydrogens is 435 g/mol. The average molecular weight is 448 g/mol. The third-order valence-electron chi connectivity index (χ3n) is 3.45. The number of barbiturate groups is 1. The summed E-state index contributed by atoms with van der Waals surface area (Å²) in [7, 11) is 0. The van der Waals surface area contributed by atoms with Crippen molar-refractivity contribution in [2.24, 2.45) is 0 Å². The first kappa shape index (κ1) is 17.2. The fourth-order valence-corrected chi connectivity index (χ4v) is 2.54. The van der Waals surface area contributed by atoms with E-state index in [9.17, 15) is 14.4 Å². The van der Waals surface area contributed by atoms with Crippen LogP contribution in [0.3, 0.4) is 0 Å². The predicted molar refractivity (Wildman–Crippen MR) is 99.6 cm³/mol. The second-order valence-electron chi connectivity index (χ2n) is 5.28. The van der Waals surface area contributed by atoms with Gasteiger partial charge in [-0.25, -0.2) is 4.79 Å². The molecule has 2 aromatic carbocycles. The molecule has 1 heterocycles. The van der Waals surface area contributed by atoms with Gasteiger partial charge in [-0.2, -0.15) is 0 Å². The molecule has 1 aliphatic rings. The molecule has 0 bridgehead atoms. The molecule has 1 fully saturated rings. The number of amides is 4. The van der Waals surface area contributed by atoms with Gasteiger partial charge in [0.25, 0.3) is 11.8 Å². The molecule has 6 nitrogen and oxygen atoms in total. The van der Waals surface area contributed by atoms with Gasteiger partial charge >= 0.3 is 6.03 Å². The number of ether oxygens (including phenoxy) is 1. The summed E-state index contributed by atoms with van der Waals surface area (Å²) in [6, 6.07) is 14.2. The molecule has 0 spiro atoms. The summed E-state index contributed by atoms with van der Waals surface area (Å²) in [6.07, 6.45) is 1.42. The molecule has 1 aliphatic heterocycles. The number of carbonyl (C=O) groups is 3. The van der Waals surface area contributed by atoms with Crippen molar-refractivity contribution >= 4 is 46.5 Å². The van der Waals surface area contributed by atoms with E-state index in [1.807, 2.05) is 34.9 Å². The summed E-state index contributed by atoms with van der Waals surface area (Å²) in [6.45, 7) is 0.449. The van der Waals surface area contributed by atoms with Crippen molar-refractivity contribution in [3.63, 3.8) is 0 Å². The predicted octanol–water partition coefficient (Wildman–Crippen LogP) is 2.62. The third kappa shape index (κ3) is 4.44. The van der Waals surface area contributed by atoms with Crippen LogP contribution in [0.5, 0.6) is 5.75 Å². The molecule has 0 atom stereocenters. The van der Waals surface area contributed by atoms with Gasteiger partial charge < -0.3 is 4.74 Å². The van der Waals surface area contributed by atoms with Crippen LogP contribution in [-0.2, 0) is 16.2 Å². The van der Waals surface area contributed by atoms with Crippen LogP contribution in [0.15, 0.2) is 54.1 Å². The maximum atomic E-state index is 11.7. The van der Waals surface area contributed by atoms with Gasteiger partial charge in [0, 0.05) is 3.57 Å². The second kappa shape index (κ2) is 7.47. The smallest absolute Gasteiger partial charge is 0.328 e. The summed E-state index contributed by atoms with van der Waals surface area (Å²) >= 11 is 2.24. The molecule has 4 amide bonds. The van der Waals surface area contributed by atoms with E-state index in [-0.39, 0.29) is 5.57 Å². The minimum atomic E-state index is -0.813. The molecule has 25 heavy (non-hydrogen) atoms. The number of imide groups is 2. The largest absolute Gasteiger partial charge is 0.489 e. The highest BCUT2D eigenvalue weighted by molar-refractivity contribution is 14.1. The topological polar surface area (TPSA) is 84.5 Å². The molecule has 2 N–H and O–H groups in total. The van der Waals surface area contributed by atoms with Crippen LogP contribution >= 0.6 is 22.6 Å². The van der Waals surface area contributed by atoms with E-state index in [2.05, 4.69) is 22.6 Å². The van der Waals surface area contributed by atoms with Crippen LogP contribution in [0.1, 0.15) is 11.1 Å². The first-order valence-corrected chi connectivity index (χ1v) is 8.45. The summed E-state index contributed by atoms with van der Waals surface area (Å²) in [5.41, 5.74) is 1.59. The fraction of sp³-hybridized carbons (Fsp3) is 0.0556. The Morgan fingerprint density at radius 3 is 2.08 bits per heavy atom. The first-order chi connectivity index (χ1) is 12.0. The van der Waals surface area contributed by atoms with Crippen molar-refractivity contribution in [2.45, 2.75) is 6.61 Å². The molecule has 126 valence electrons. The van der Waals surface area contributed by atoms with Crippen LogP contribution < -0.4 is 15.4 Å². The lowest BCUT2D eigenvalue weighted by Gasteiger charge is -2.14. The van der Waals surface area contributed by atoms with E-state index < -0.39 is 17.8 Å². The highest BCUT2D eigenvalue weighted by atomic mass is 127. The van der Waals surface area contributed by atoms with Gasteiger partial charge in [0.2, 0.25) is 0 Å². The molecule has 0 unspecified atom stereocenters. The van der Waals surface area contributed by atoms with Crippen molar-refractivity contribution < 1.29 is 19.1 Å². The minimum absolute atomic E-state index is 0.118. The second-order valence-corrected chi connectivity index (χ2v) is 6.53. The molecule has 0 aliphatic carbocycles. The van der Waals surface area contributed by atoms with Crippen molar-refractivity contribution in [3.05, 3.63) is 68.8 Å². The third-order valence-corrected chi connectivity index (χ3v) is 4.17. The minimum Gasteiger partial charge on any atom is -0.489 e. The lowest BCUT2D eigenvalue weighted by molar-refractivity contribution is -0.123. The SMILES string of the molecule is O=C1NC(=O)C(=Cc2ccc(OCc3ccc(I)cc3)cc2)C(=O)N1. The molecule has 3 rings (SSSR count). The van der Waals surface area contributed by atoms with Gasteiger partial charge in [-0.05, 0) is 64.1 Å². The highest BCUT2D eigenvalue weighted by Crippen LogP contribution is 2.17. The number of hydrogen-bond acceptors (Lipinski definition) is 4. The van der Waals surface area contributed by atoms with Crippen molar-refractivity contribution in [3.8, 4) is 5.75 Å². The Morgan fingerprint density at radius 1 is 0.880 bits per heavy atom. The molecule has 0 radical (unpaired) electrons. The summed E-state index contributed by atoms with van der Waals surface area (Å²) < 4.78 is 6.87. The number of carbonyl (C=O) groups excluding carboxylic acids is 3. The number of benzene rings is 2. The van der Waals surface area contributed by atoms with Crippen LogP contribution in [0, 0.1) is 3.57 Å². The van der Waals surface area contributed by atoms with Gasteiger partial charge in [-0.1, -0.05) is 24.3 Å². The van der Waals surface area contributed by atoms with E-state index >= 15 is 0 Å². The maximum absolute atomic E-state index is 11.7. The molecule has 2 aromatic rings. The van der Waals surface area contributed by atoms with Gasteiger partial charge in [-0.15, -0.1) is 0 Å². The van der Waals surface area contributed by atoms with Gasteiger partial charge in [-0.3, -0.25) is 20.2 Å². The summed E-state index contributed by atoms with van der Waals surface area (Å²) in [5, 5.41) is 4.06. The zero-order valence-electron chi connectivity index (χ0n) is 12.9. The van der Waals surface area contributed by atoms with Crippen LogP contribution in [0.4, 0.5) is 4.79 Å². The number of hydrogen-bond donors (Lipinski definition) is 2. The lowest BCUT2D eigenvalue weighted by Crippen LogP contribution is -2.51. The molecule has 7 heteroatoms. The quantitative estimate of drug-likeness (QED) is 0.428. The Hall–Kier alpha value is -2.68. The van der Waals surface area contributed by atoms with Crippen molar-refractivity contribution in [1.82, 2.24) is 10.6 Å². The number of rotatable bonds is 4. The monoisotopic (exact) mass is 448 g/mol. The van der Waals surface area contributed by atoms with Crippen LogP contribution in [-0.4, -0.2) is 17.8 Å². The summed E-state index contributed by atoms with van der Waals surface area (Å²) in [5.74, 6) is -0.756. The highest BCUT2D eigenvalue weighted by Gasteiger charge is 2.27. The average Bonchev–Trinajstić information content (AvgIpc) is 2.59. The van der Waals surface area contributed by atoms with Crippen molar-refractivity contribution in [1.29, 1.82) is 0 Å². The van der Waals surface area contributed by atoms with Gasteiger partial charge in [0.1, 0.15) is 17.9 Å². The fourth-order valence-electron chi connectivity index (χ4n) is 2.18. The van der Waals surface area contributed by atoms with Crippen molar-refractivity contribution in [2.75, 3.05) is 0 Å². The Balaban J connectivity index is 1.66. The normalized spacial score (nSPS) is 14.0.